The maximum atomic E-state index is 5.74. The minimum atomic E-state index is 0.000686. The Bertz CT molecular complexity index is 350. The van der Waals surface area contributed by atoms with Crippen LogP contribution < -0.4 is 10.1 Å². The first-order valence-electron chi connectivity index (χ1n) is 5.85. The van der Waals surface area contributed by atoms with E-state index in [1.165, 1.54) is 5.56 Å². The quantitative estimate of drug-likeness (QED) is 0.814. The summed E-state index contributed by atoms with van der Waals surface area (Å²) in [6.07, 6.45) is 1.78. The van der Waals surface area contributed by atoms with Crippen molar-refractivity contribution >= 4 is 0 Å². The molecule has 0 amide bonds. The van der Waals surface area contributed by atoms with Gasteiger partial charge in [-0.2, -0.15) is 0 Å². The molecule has 0 fully saturated rings. The molecule has 0 radical (unpaired) electrons. The van der Waals surface area contributed by atoms with Crippen molar-refractivity contribution in [2.75, 3.05) is 27.7 Å². The van der Waals surface area contributed by atoms with Crippen molar-refractivity contribution < 1.29 is 4.74 Å². The monoisotopic (exact) mass is 237 g/mol. The molecule has 0 aliphatic heterocycles. The van der Waals surface area contributed by atoms with E-state index in [1.807, 2.05) is 33.3 Å². The summed E-state index contributed by atoms with van der Waals surface area (Å²) in [4.78, 5) is 6.36. The van der Waals surface area contributed by atoms with Gasteiger partial charge < -0.3 is 15.0 Å². The topological polar surface area (TPSA) is 37.4 Å². The Balaban J connectivity index is 2.60. The van der Waals surface area contributed by atoms with Crippen molar-refractivity contribution in [1.82, 2.24) is 15.2 Å². The lowest BCUT2D eigenvalue weighted by Crippen LogP contribution is -2.43. The van der Waals surface area contributed by atoms with Crippen molar-refractivity contribution in [1.29, 1.82) is 0 Å². The first-order chi connectivity index (χ1) is 7.95. The molecule has 0 atom stereocenters. The van der Waals surface area contributed by atoms with E-state index >= 15 is 0 Å². The van der Waals surface area contributed by atoms with Crippen LogP contribution in [0, 0.1) is 0 Å². The molecule has 4 nitrogen and oxygen atoms in total. The normalized spacial score (nSPS) is 11.9. The average molecular weight is 237 g/mol. The second-order valence-electron chi connectivity index (χ2n) is 5.03. The van der Waals surface area contributed by atoms with E-state index in [4.69, 9.17) is 4.74 Å². The number of hydrogen-bond donors (Lipinski definition) is 1. The van der Waals surface area contributed by atoms with Gasteiger partial charge in [0.1, 0.15) is 6.61 Å². The van der Waals surface area contributed by atoms with Crippen LogP contribution in [0.15, 0.2) is 18.3 Å². The van der Waals surface area contributed by atoms with Crippen molar-refractivity contribution in [2.24, 2.45) is 0 Å². The van der Waals surface area contributed by atoms with Crippen molar-refractivity contribution in [3.05, 3.63) is 23.9 Å². The van der Waals surface area contributed by atoms with Gasteiger partial charge in [0.15, 0.2) is 0 Å². The number of hydrogen-bond acceptors (Lipinski definition) is 4. The lowest BCUT2D eigenvalue weighted by atomic mass is 10.1. The molecule has 17 heavy (non-hydrogen) atoms. The predicted octanol–water partition coefficient (Wildman–Crippen LogP) is 1.52. The number of aromatic nitrogens is 1. The summed E-state index contributed by atoms with van der Waals surface area (Å²) in [5.74, 6) is 0.688. The second-order valence-corrected chi connectivity index (χ2v) is 5.03. The van der Waals surface area contributed by atoms with Gasteiger partial charge in [-0.05, 0) is 46.6 Å². The van der Waals surface area contributed by atoms with Crippen LogP contribution in [0.2, 0.25) is 0 Å². The molecule has 0 unspecified atom stereocenters. The summed E-state index contributed by atoms with van der Waals surface area (Å²) in [5, 5.41) is 3.11. The van der Waals surface area contributed by atoms with Crippen LogP contribution in [-0.2, 0) is 6.54 Å². The second kappa shape index (κ2) is 5.98. The third kappa shape index (κ3) is 4.32. The highest BCUT2D eigenvalue weighted by Crippen LogP contribution is 2.14. The molecule has 0 spiro atoms. The SMILES string of the molecule is CNCc1ccnc(OCC(C)(C)N(C)C)c1. The van der Waals surface area contributed by atoms with Gasteiger partial charge in [-0.15, -0.1) is 0 Å². The van der Waals surface area contributed by atoms with Gasteiger partial charge in [-0.25, -0.2) is 4.98 Å². The van der Waals surface area contributed by atoms with Crippen LogP contribution in [0.3, 0.4) is 0 Å². The molecule has 0 aromatic carbocycles. The maximum Gasteiger partial charge on any atom is 0.213 e. The van der Waals surface area contributed by atoms with Crippen LogP contribution in [0.4, 0.5) is 0 Å². The van der Waals surface area contributed by atoms with Crippen LogP contribution >= 0.6 is 0 Å². The molecular weight excluding hydrogens is 214 g/mol. The lowest BCUT2D eigenvalue weighted by Gasteiger charge is -2.31. The summed E-state index contributed by atoms with van der Waals surface area (Å²) in [6, 6.07) is 3.96. The van der Waals surface area contributed by atoms with Gasteiger partial charge >= 0.3 is 0 Å². The highest BCUT2D eigenvalue weighted by molar-refractivity contribution is 5.20. The van der Waals surface area contributed by atoms with E-state index in [0.717, 1.165) is 6.54 Å². The Hall–Kier alpha value is -1.13. The minimum absolute atomic E-state index is 0.000686. The summed E-state index contributed by atoms with van der Waals surface area (Å²) >= 11 is 0. The molecule has 1 rings (SSSR count). The number of nitrogens with zero attached hydrogens (tertiary/aromatic N) is 2. The van der Waals surface area contributed by atoms with Gasteiger partial charge in [-0.3, -0.25) is 0 Å². The fourth-order valence-corrected chi connectivity index (χ4v) is 1.22. The molecule has 1 heterocycles. The van der Waals surface area contributed by atoms with Crippen LogP contribution in [0.1, 0.15) is 19.4 Å². The fourth-order valence-electron chi connectivity index (χ4n) is 1.22. The molecule has 1 aromatic rings. The van der Waals surface area contributed by atoms with Crippen molar-refractivity contribution in [3.8, 4) is 5.88 Å². The van der Waals surface area contributed by atoms with Gasteiger partial charge in [0, 0.05) is 24.3 Å². The average Bonchev–Trinajstić information content (AvgIpc) is 2.27. The van der Waals surface area contributed by atoms with Gasteiger partial charge in [0.25, 0.3) is 0 Å². The number of likely N-dealkylation sites (N-methyl/N-ethyl adjacent to an activating group) is 1. The van der Waals surface area contributed by atoms with E-state index in [0.29, 0.717) is 12.5 Å². The zero-order valence-corrected chi connectivity index (χ0v) is 11.4. The molecular formula is C13H23N3O. The van der Waals surface area contributed by atoms with E-state index in [-0.39, 0.29) is 5.54 Å². The van der Waals surface area contributed by atoms with Gasteiger partial charge in [-0.1, -0.05) is 0 Å². The molecule has 0 bridgehead atoms. The Morgan fingerprint density at radius 2 is 2.12 bits per heavy atom. The van der Waals surface area contributed by atoms with Crippen molar-refractivity contribution in [3.63, 3.8) is 0 Å². The van der Waals surface area contributed by atoms with Crippen molar-refractivity contribution in [2.45, 2.75) is 25.9 Å². The summed E-state index contributed by atoms with van der Waals surface area (Å²) in [7, 11) is 6.03. The Labute approximate surface area is 104 Å². The Morgan fingerprint density at radius 1 is 1.41 bits per heavy atom. The number of rotatable bonds is 6. The number of nitrogens with one attached hydrogen (secondary N) is 1. The first kappa shape index (κ1) is 13.9. The molecule has 96 valence electrons. The molecule has 0 saturated heterocycles. The highest BCUT2D eigenvalue weighted by Gasteiger charge is 2.21. The zero-order chi connectivity index (χ0) is 12.9. The zero-order valence-electron chi connectivity index (χ0n) is 11.4. The van der Waals surface area contributed by atoms with E-state index in [9.17, 15) is 0 Å². The molecule has 0 aliphatic rings. The number of pyridine rings is 1. The van der Waals surface area contributed by atoms with E-state index in [2.05, 4.69) is 29.0 Å². The molecule has 1 N–H and O–H groups in total. The third-order valence-corrected chi connectivity index (χ3v) is 2.96. The van der Waals surface area contributed by atoms with Gasteiger partial charge in [0.2, 0.25) is 5.88 Å². The lowest BCUT2D eigenvalue weighted by molar-refractivity contribution is 0.111. The standard InChI is InChI=1S/C13H23N3O/c1-13(2,16(4)5)10-17-12-8-11(9-14-3)6-7-15-12/h6-8,14H,9-10H2,1-5H3. The van der Waals surface area contributed by atoms with Crippen LogP contribution in [0.25, 0.3) is 0 Å². The number of ether oxygens (including phenoxy) is 1. The fraction of sp³-hybridized carbons (Fsp3) is 0.615. The minimum Gasteiger partial charge on any atom is -0.476 e. The molecule has 0 saturated carbocycles. The molecule has 1 aromatic heterocycles. The van der Waals surface area contributed by atoms with Crippen LogP contribution in [0.5, 0.6) is 5.88 Å². The molecule has 4 heteroatoms. The highest BCUT2D eigenvalue weighted by atomic mass is 16.5. The Morgan fingerprint density at radius 3 is 2.71 bits per heavy atom. The first-order valence-corrected chi connectivity index (χ1v) is 5.85. The summed E-state index contributed by atoms with van der Waals surface area (Å²) in [5.41, 5.74) is 1.18. The van der Waals surface area contributed by atoms with E-state index < -0.39 is 0 Å². The van der Waals surface area contributed by atoms with Gasteiger partial charge in [0.05, 0.1) is 0 Å². The Kier molecular flexibility index (Phi) is 4.90. The maximum absolute atomic E-state index is 5.74. The molecule has 0 aliphatic carbocycles. The largest absolute Gasteiger partial charge is 0.476 e. The predicted molar refractivity (Wildman–Crippen MR) is 70.3 cm³/mol. The van der Waals surface area contributed by atoms with Crippen LogP contribution in [-0.4, -0.2) is 43.2 Å². The van der Waals surface area contributed by atoms with E-state index in [1.54, 1.807) is 6.20 Å². The smallest absolute Gasteiger partial charge is 0.213 e. The summed E-state index contributed by atoms with van der Waals surface area (Å²) in [6.45, 7) is 5.74. The summed E-state index contributed by atoms with van der Waals surface area (Å²) < 4.78 is 5.74. The third-order valence-electron chi connectivity index (χ3n) is 2.96.